The largest absolute Gasteiger partial charge is 0.345 e. The fourth-order valence-electron chi connectivity index (χ4n) is 2.19. The second-order valence-electron chi connectivity index (χ2n) is 5.18. The van der Waals surface area contributed by atoms with E-state index in [4.69, 9.17) is 0 Å². The van der Waals surface area contributed by atoms with E-state index in [0.29, 0.717) is 0 Å². The van der Waals surface area contributed by atoms with Crippen molar-refractivity contribution in [2.45, 2.75) is 40.2 Å². The predicted molar refractivity (Wildman–Crippen MR) is 85.5 cm³/mol. The van der Waals surface area contributed by atoms with Crippen LogP contribution in [-0.2, 0) is 6.42 Å². The summed E-state index contributed by atoms with van der Waals surface area (Å²) < 4.78 is 0. The molecule has 3 heteroatoms. The van der Waals surface area contributed by atoms with Gasteiger partial charge in [-0.1, -0.05) is 36.8 Å². The van der Waals surface area contributed by atoms with Crippen molar-refractivity contribution >= 4 is 17.2 Å². The Labute approximate surface area is 124 Å². The molecule has 0 saturated heterocycles. The van der Waals surface area contributed by atoms with Crippen LogP contribution in [-0.4, -0.2) is 5.91 Å². The molecular weight excluding hydrogens is 266 g/mol. The summed E-state index contributed by atoms with van der Waals surface area (Å²) in [7, 11) is 0. The van der Waals surface area contributed by atoms with Crippen LogP contribution in [0.2, 0.25) is 0 Å². The third-order valence-corrected chi connectivity index (χ3v) is 4.87. The van der Waals surface area contributed by atoms with Crippen molar-refractivity contribution in [2.24, 2.45) is 0 Å². The number of amides is 1. The van der Waals surface area contributed by atoms with Gasteiger partial charge in [0.15, 0.2) is 0 Å². The molecule has 1 unspecified atom stereocenters. The summed E-state index contributed by atoms with van der Waals surface area (Å²) in [5.41, 5.74) is 3.58. The number of carbonyl (C=O) groups excluding carboxylic acids is 1. The van der Waals surface area contributed by atoms with Gasteiger partial charge in [0.05, 0.1) is 10.9 Å². The molecule has 0 aliphatic heterocycles. The number of hydrogen-bond acceptors (Lipinski definition) is 2. The highest BCUT2D eigenvalue weighted by molar-refractivity contribution is 7.14. The van der Waals surface area contributed by atoms with Crippen LogP contribution in [0.4, 0.5) is 0 Å². The first-order valence-corrected chi connectivity index (χ1v) is 7.79. The highest BCUT2D eigenvalue weighted by Gasteiger charge is 2.14. The minimum atomic E-state index is 0.0193. The smallest absolute Gasteiger partial charge is 0.261 e. The zero-order valence-corrected chi connectivity index (χ0v) is 13.3. The molecule has 1 heterocycles. The maximum absolute atomic E-state index is 12.3. The highest BCUT2D eigenvalue weighted by atomic mass is 32.1. The second-order valence-corrected chi connectivity index (χ2v) is 6.31. The van der Waals surface area contributed by atoms with Crippen LogP contribution in [0.3, 0.4) is 0 Å². The number of thiophene rings is 1. The SMILES string of the molecule is CCc1sc(C(=O)NC(C)c2ccc(C)cc2)cc1C. The number of nitrogens with one attached hydrogen (secondary N) is 1. The Hall–Kier alpha value is -1.61. The molecule has 0 aliphatic carbocycles. The maximum atomic E-state index is 12.3. The topological polar surface area (TPSA) is 29.1 Å². The summed E-state index contributed by atoms with van der Waals surface area (Å²) in [6, 6.07) is 10.3. The van der Waals surface area contributed by atoms with Crippen molar-refractivity contribution in [3.8, 4) is 0 Å². The molecule has 1 amide bonds. The van der Waals surface area contributed by atoms with Crippen LogP contribution >= 0.6 is 11.3 Å². The molecule has 2 aromatic rings. The van der Waals surface area contributed by atoms with Gasteiger partial charge in [-0.25, -0.2) is 0 Å². The Morgan fingerprint density at radius 3 is 2.45 bits per heavy atom. The third kappa shape index (κ3) is 3.28. The average molecular weight is 287 g/mol. The summed E-state index contributed by atoms with van der Waals surface area (Å²) in [6.45, 7) is 8.27. The summed E-state index contributed by atoms with van der Waals surface area (Å²) in [6.07, 6.45) is 0.983. The number of benzene rings is 1. The lowest BCUT2D eigenvalue weighted by Crippen LogP contribution is -2.25. The summed E-state index contributed by atoms with van der Waals surface area (Å²) in [5, 5.41) is 3.07. The molecular formula is C17H21NOS. The van der Waals surface area contributed by atoms with Gasteiger partial charge in [-0.3, -0.25) is 4.79 Å². The lowest BCUT2D eigenvalue weighted by Gasteiger charge is -2.13. The number of rotatable bonds is 4. The fourth-order valence-corrected chi connectivity index (χ4v) is 3.21. The Bertz CT molecular complexity index is 598. The molecule has 0 aliphatic rings. The summed E-state index contributed by atoms with van der Waals surface area (Å²) in [5.74, 6) is 0.0193. The molecule has 1 N–H and O–H groups in total. The van der Waals surface area contributed by atoms with Crippen LogP contribution in [0.5, 0.6) is 0 Å². The van der Waals surface area contributed by atoms with E-state index in [1.807, 2.05) is 13.0 Å². The standard InChI is InChI=1S/C17H21NOS/c1-5-15-12(3)10-16(20-15)17(19)18-13(4)14-8-6-11(2)7-9-14/h6-10,13H,5H2,1-4H3,(H,18,19). The van der Waals surface area contributed by atoms with Gasteiger partial charge in [-0.15, -0.1) is 11.3 Å². The van der Waals surface area contributed by atoms with E-state index in [0.717, 1.165) is 16.9 Å². The van der Waals surface area contributed by atoms with E-state index in [-0.39, 0.29) is 11.9 Å². The Balaban J connectivity index is 2.08. The van der Waals surface area contributed by atoms with Crippen LogP contribution in [0.25, 0.3) is 0 Å². The van der Waals surface area contributed by atoms with Gasteiger partial charge in [0.2, 0.25) is 0 Å². The summed E-state index contributed by atoms with van der Waals surface area (Å²) >= 11 is 1.60. The van der Waals surface area contributed by atoms with Crippen LogP contribution in [0, 0.1) is 13.8 Å². The van der Waals surface area contributed by atoms with Gasteiger partial charge < -0.3 is 5.32 Å². The first kappa shape index (κ1) is 14.8. The van der Waals surface area contributed by atoms with Crippen molar-refractivity contribution < 1.29 is 4.79 Å². The molecule has 1 aromatic carbocycles. The van der Waals surface area contributed by atoms with Crippen molar-refractivity contribution in [1.82, 2.24) is 5.32 Å². The van der Waals surface area contributed by atoms with Gasteiger partial charge >= 0.3 is 0 Å². The molecule has 20 heavy (non-hydrogen) atoms. The molecule has 2 rings (SSSR count). The molecule has 0 fully saturated rings. The van der Waals surface area contributed by atoms with Crippen LogP contribution in [0.1, 0.15) is 51.1 Å². The third-order valence-electron chi connectivity index (χ3n) is 3.49. The van der Waals surface area contributed by atoms with E-state index < -0.39 is 0 Å². The Morgan fingerprint density at radius 1 is 1.25 bits per heavy atom. The molecule has 1 aromatic heterocycles. The van der Waals surface area contributed by atoms with Gasteiger partial charge in [-0.2, -0.15) is 0 Å². The Morgan fingerprint density at radius 2 is 1.90 bits per heavy atom. The fraction of sp³-hybridized carbons (Fsp3) is 0.353. The molecule has 1 atom stereocenters. The molecule has 0 spiro atoms. The lowest BCUT2D eigenvalue weighted by molar-refractivity contribution is 0.0944. The normalized spacial score (nSPS) is 12.2. The highest BCUT2D eigenvalue weighted by Crippen LogP contribution is 2.23. The monoisotopic (exact) mass is 287 g/mol. The average Bonchev–Trinajstić information content (AvgIpc) is 2.80. The zero-order chi connectivity index (χ0) is 14.7. The molecule has 0 radical (unpaired) electrons. The number of carbonyl (C=O) groups is 1. The minimum Gasteiger partial charge on any atom is -0.345 e. The van der Waals surface area contributed by atoms with Gasteiger partial charge in [-0.05, 0) is 44.4 Å². The predicted octanol–water partition coefficient (Wildman–Crippen LogP) is 4.42. The molecule has 2 nitrogen and oxygen atoms in total. The van der Waals surface area contributed by atoms with E-state index in [1.165, 1.54) is 16.0 Å². The first-order chi connectivity index (χ1) is 9.51. The van der Waals surface area contributed by atoms with Crippen LogP contribution < -0.4 is 5.32 Å². The van der Waals surface area contributed by atoms with Crippen molar-refractivity contribution in [3.05, 3.63) is 56.8 Å². The van der Waals surface area contributed by atoms with Crippen molar-refractivity contribution in [2.75, 3.05) is 0 Å². The van der Waals surface area contributed by atoms with Crippen molar-refractivity contribution in [3.63, 3.8) is 0 Å². The van der Waals surface area contributed by atoms with Gasteiger partial charge in [0.1, 0.15) is 0 Å². The lowest BCUT2D eigenvalue weighted by atomic mass is 10.1. The molecule has 0 saturated carbocycles. The second kappa shape index (κ2) is 6.23. The number of aryl methyl sites for hydroxylation is 3. The van der Waals surface area contributed by atoms with E-state index >= 15 is 0 Å². The number of hydrogen-bond donors (Lipinski definition) is 1. The quantitative estimate of drug-likeness (QED) is 0.886. The van der Waals surface area contributed by atoms with Gasteiger partial charge in [0, 0.05) is 4.88 Å². The summed E-state index contributed by atoms with van der Waals surface area (Å²) in [4.78, 5) is 14.4. The van der Waals surface area contributed by atoms with Gasteiger partial charge in [0.25, 0.3) is 5.91 Å². The zero-order valence-electron chi connectivity index (χ0n) is 12.5. The first-order valence-electron chi connectivity index (χ1n) is 6.98. The van der Waals surface area contributed by atoms with E-state index in [9.17, 15) is 4.79 Å². The maximum Gasteiger partial charge on any atom is 0.261 e. The molecule has 0 bridgehead atoms. The van der Waals surface area contributed by atoms with E-state index in [2.05, 4.69) is 50.4 Å². The molecule has 106 valence electrons. The van der Waals surface area contributed by atoms with Crippen molar-refractivity contribution in [1.29, 1.82) is 0 Å². The van der Waals surface area contributed by atoms with Crippen LogP contribution in [0.15, 0.2) is 30.3 Å². The minimum absolute atomic E-state index is 0.0193. The van der Waals surface area contributed by atoms with E-state index in [1.54, 1.807) is 11.3 Å². The Kier molecular flexibility index (Phi) is 4.61.